The molecule has 0 radical (unpaired) electrons. The number of piperidine rings is 1. The van der Waals surface area contributed by atoms with Crippen LogP contribution in [0.25, 0.3) is 0 Å². The molecule has 1 atom stereocenters. The van der Waals surface area contributed by atoms with E-state index in [4.69, 9.17) is 0 Å². The highest BCUT2D eigenvalue weighted by Gasteiger charge is 2.29. The molecule has 26 heavy (non-hydrogen) atoms. The van der Waals surface area contributed by atoms with Crippen molar-refractivity contribution >= 4 is 21.6 Å². The molecule has 138 valence electrons. The van der Waals surface area contributed by atoms with Crippen LogP contribution in [0.1, 0.15) is 24.5 Å². The summed E-state index contributed by atoms with van der Waals surface area (Å²) in [5, 5.41) is 2.56. The van der Waals surface area contributed by atoms with E-state index in [-0.39, 0.29) is 16.5 Å². The summed E-state index contributed by atoms with van der Waals surface area (Å²) in [4.78, 5) is 22.1. The lowest BCUT2D eigenvalue weighted by atomic mass is 9.94. The summed E-state index contributed by atoms with van der Waals surface area (Å²) in [5.41, 5.74) is 0.532. The molecule has 1 aromatic heterocycles. The van der Waals surface area contributed by atoms with Crippen LogP contribution in [0.2, 0.25) is 0 Å². The minimum Gasteiger partial charge on any atom is -0.324 e. The number of carbonyl (C=O) groups excluding carboxylic acids is 1. The van der Waals surface area contributed by atoms with Crippen molar-refractivity contribution in [3.05, 3.63) is 48.3 Å². The predicted octanol–water partition coefficient (Wildman–Crippen LogP) is 2.43. The molecule has 3 rings (SSSR count). The third-order valence-electron chi connectivity index (χ3n) is 4.32. The minimum atomic E-state index is -3.47. The molecule has 0 saturated carbocycles. The van der Waals surface area contributed by atoms with Crippen molar-refractivity contribution in [1.82, 2.24) is 14.9 Å². The number of nitrogens with zero attached hydrogens (tertiary/aromatic N) is 3. The maximum absolute atomic E-state index is 13.7. The van der Waals surface area contributed by atoms with Gasteiger partial charge in [0.2, 0.25) is 0 Å². The molecule has 0 unspecified atom stereocenters. The Kier molecular flexibility index (Phi) is 5.17. The molecular weight excluding hydrogens is 359 g/mol. The van der Waals surface area contributed by atoms with Crippen LogP contribution in [0.3, 0.4) is 0 Å². The van der Waals surface area contributed by atoms with Gasteiger partial charge in [0.15, 0.2) is 9.84 Å². The number of carbonyl (C=O) groups is 1. The highest BCUT2D eigenvalue weighted by atomic mass is 32.2. The van der Waals surface area contributed by atoms with Crippen molar-refractivity contribution in [2.45, 2.75) is 23.7 Å². The Bertz CT molecular complexity index is 920. The Morgan fingerprint density at radius 1 is 1.35 bits per heavy atom. The average Bonchev–Trinajstić information content (AvgIpc) is 2.63. The molecule has 1 N–H and O–H groups in total. The third-order valence-corrected chi connectivity index (χ3v) is 5.43. The van der Waals surface area contributed by atoms with E-state index in [0.29, 0.717) is 31.6 Å². The fourth-order valence-electron chi connectivity index (χ4n) is 3.06. The Morgan fingerprint density at radius 2 is 2.12 bits per heavy atom. The summed E-state index contributed by atoms with van der Waals surface area (Å²) in [5.74, 6) is -0.729. The molecular formula is C17H19FN4O3S. The summed E-state index contributed by atoms with van der Waals surface area (Å²) >= 11 is 0. The zero-order chi connectivity index (χ0) is 18.7. The van der Waals surface area contributed by atoms with Crippen LogP contribution in [-0.4, -0.2) is 48.7 Å². The number of benzene rings is 1. The van der Waals surface area contributed by atoms with Gasteiger partial charge in [0, 0.05) is 31.5 Å². The highest BCUT2D eigenvalue weighted by Crippen LogP contribution is 2.29. The van der Waals surface area contributed by atoms with E-state index >= 15 is 0 Å². The van der Waals surface area contributed by atoms with Crippen molar-refractivity contribution in [1.29, 1.82) is 0 Å². The number of nitrogens with one attached hydrogen (secondary N) is 1. The van der Waals surface area contributed by atoms with E-state index in [1.54, 1.807) is 17.0 Å². The van der Waals surface area contributed by atoms with Crippen LogP contribution in [0.5, 0.6) is 0 Å². The zero-order valence-electron chi connectivity index (χ0n) is 14.2. The Morgan fingerprint density at radius 3 is 2.85 bits per heavy atom. The lowest BCUT2D eigenvalue weighted by molar-refractivity contribution is 0.191. The van der Waals surface area contributed by atoms with Gasteiger partial charge in [0.05, 0.1) is 11.4 Å². The molecule has 0 spiro atoms. The number of urea groups is 1. The first kappa shape index (κ1) is 18.2. The monoisotopic (exact) mass is 378 g/mol. The highest BCUT2D eigenvalue weighted by molar-refractivity contribution is 7.90. The normalized spacial score (nSPS) is 17.8. The van der Waals surface area contributed by atoms with Crippen molar-refractivity contribution in [3.63, 3.8) is 0 Å². The van der Waals surface area contributed by atoms with Crippen LogP contribution in [-0.2, 0) is 9.84 Å². The maximum Gasteiger partial charge on any atom is 0.321 e. The van der Waals surface area contributed by atoms with Crippen LogP contribution in [0.4, 0.5) is 14.9 Å². The first-order valence-electron chi connectivity index (χ1n) is 8.16. The molecule has 1 saturated heterocycles. The Hall–Kier alpha value is -2.55. The van der Waals surface area contributed by atoms with Gasteiger partial charge in [-0.05, 0) is 25.0 Å². The van der Waals surface area contributed by atoms with E-state index in [2.05, 4.69) is 15.3 Å². The molecule has 1 fully saturated rings. The molecule has 2 heterocycles. The zero-order valence-corrected chi connectivity index (χ0v) is 15.0. The van der Waals surface area contributed by atoms with Gasteiger partial charge in [-0.1, -0.05) is 12.1 Å². The van der Waals surface area contributed by atoms with Gasteiger partial charge in [0.1, 0.15) is 17.0 Å². The van der Waals surface area contributed by atoms with E-state index in [1.807, 2.05) is 0 Å². The van der Waals surface area contributed by atoms with Crippen molar-refractivity contribution < 1.29 is 17.6 Å². The number of rotatable bonds is 3. The summed E-state index contributed by atoms with van der Waals surface area (Å²) in [6, 6.07) is 5.52. The van der Waals surface area contributed by atoms with Crippen LogP contribution in [0.15, 0.2) is 41.7 Å². The van der Waals surface area contributed by atoms with Crippen LogP contribution < -0.4 is 5.32 Å². The molecule has 7 nitrogen and oxygen atoms in total. The average molecular weight is 378 g/mol. The summed E-state index contributed by atoms with van der Waals surface area (Å²) < 4.78 is 37.7. The van der Waals surface area contributed by atoms with E-state index in [0.717, 1.165) is 6.26 Å². The molecule has 0 bridgehead atoms. The second-order valence-corrected chi connectivity index (χ2v) is 8.22. The van der Waals surface area contributed by atoms with Gasteiger partial charge >= 0.3 is 6.03 Å². The SMILES string of the molecule is CS(=O)(=O)c1cncnc1[C@@H]1CCCN(C(=O)Nc2ccccc2F)C1. The lowest BCUT2D eigenvalue weighted by Crippen LogP contribution is -2.42. The van der Waals surface area contributed by atoms with Gasteiger partial charge in [-0.15, -0.1) is 0 Å². The van der Waals surface area contributed by atoms with E-state index < -0.39 is 21.7 Å². The second kappa shape index (κ2) is 7.36. The van der Waals surface area contributed by atoms with Gasteiger partial charge < -0.3 is 10.2 Å². The molecule has 1 aromatic carbocycles. The van der Waals surface area contributed by atoms with Crippen molar-refractivity contribution in [3.8, 4) is 0 Å². The fourth-order valence-corrected chi connectivity index (χ4v) is 3.91. The molecule has 9 heteroatoms. The largest absolute Gasteiger partial charge is 0.324 e. The smallest absolute Gasteiger partial charge is 0.321 e. The van der Waals surface area contributed by atoms with Gasteiger partial charge in [0.25, 0.3) is 0 Å². The number of para-hydroxylation sites is 1. The molecule has 0 aliphatic carbocycles. The third kappa shape index (κ3) is 3.98. The molecule has 1 aliphatic rings. The van der Waals surface area contributed by atoms with Gasteiger partial charge in [-0.2, -0.15) is 0 Å². The van der Waals surface area contributed by atoms with Gasteiger partial charge in [-0.3, -0.25) is 0 Å². The van der Waals surface area contributed by atoms with Crippen molar-refractivity contribution in [2.75, 3.05) is 24.7 Å². The summed E-state index contributed by atoms with van der Waals surface area (Å²) in [6.45, 7) is 0.815. The van der Waals surface area contributed by atoms with Crippen LogP contribution in [0, 0.1) is 5.82 Å². The number of anilines is 1. The minimum absolute atomic E-state index is 0.0846. The number of aromatic nitrogens is 2. The second-order valence-electron chi connectivity index (χ2n) is 6.24. The topological polar surface area (TPSA) is 92.3 Å². The number of sulfone groups is 1. The molecule has 2 amide bonds. The number of hydrogen-bond donors (Lipinski definition) is 1. The van der Waals surface area contributed by atoms with Gasteiger partial charge in [-0.25, -0.2) is 27.6 Å². The standard InChI is InChI=1S/C17H19FN4O3S/c1-26(24,25)15-9-19-11-20-16(15)12-5-4-8-22(10-12)17(23)21-14-7-3-2-6-13(14)18/h2-3,6-7,9,11-12H,4-5,8,10H2,1H3,(H,21,23)/t12-/m1/s1. The Balaban J connectivity index is 1.78. The lowest BCUT2D eigenvalue weighted by Gasteiger charge is -2.33. The molecule has 2 aromatic rings. The number of halogens is 1. The van der Waals surface area contributed by atoms with Crippen molar-refractivity contribution in [2.24, 2.45) is 0 Å². The number of hydrogen-bond acceptors (Lipinski definition) is 5. The Labute approximate surface area is 151 Å². The number of likely N-dealkylation sites (tertiary alicyclic amines) is 1. The quantitative estimate of drug-likeness (QED) is 0.886. The summed E-state index contributed by atoms with van der Waals surface area (Å²) in [7, 11) is -3.47. The predicted molar refractivity (Wildman–Crippen MR) is 94.1 cm³/mol. The maximum atomic E-state index is 13.7. The first-order valence-corrected chi connectivity index (χ1v) is 10.1. The first-order chi connectivity index (χ1) is 12.4. The van der Waals surface area contributed by atoms with Crippen LogP contribution >= 0.6 is 0 Å². The summed E-state index contributed by atoms with van der Waals surface area (Å²) in [6.07, 6.45) is 5.12. The fraction of sp³-hybridized carbons (Fsp3) is 0.353. The van der Waals surface area contributed by atoms with E-state index in [1.165, 1.54) is 24.7 Å². The number of amides is 2. The van der Waals surface area contributed by atoms with E-state index in [9.17, 15) is 17.6 Å². The molecule has 1 aliphatic heterocycles.